The van der Waals surface area contributed by atoms with E-state index in [0.717, 1.165) is 37.1 Å². The molecular formula is C20H24FNO3. The Morgan fingerprint density at radius 3 is 2.76 bits per heavy atom. The summed E-state index contributed by atoms with van der Waals surface area (Å²) < 4.78 is 30.1. The Morgan fingerprint density at radius 1 is 1.20 bits per heavy atom. The lowest BCUT2D eigenvalue weighted by Gasteiger charge is -2.16. The summed E-state index contributed by atoms with van der Waals surface area (Å²) in [6.07, 6.45) is 2.55. The molecule has 25 heavy (non-hydrogen) atoms. The molecule has 3 rings (SSSR count). The molecule has 2 aromatic rings. The molecular weight excluding hydrogens is 321 g/mol. The average Bonchev–Trinajstić information content (AvgIpc) is 3.15. The van der Waals surface area contributed by atoms with Crippen LogP contribution in [-0.2, 0) is 17.9 Å². The molecule has 1 fully saturated rings. The summed E-state index contributed by atoms with van der Waals surface area (Å²) in [5.41, 5.74) is 1.94. The number of rotatable bonds is 8. The summed E-state index contributed by atoms with van der Waals surface area (Å²) in [5, 5.41) is 3.43. The van der Waals surface area contributed by atoms with E-state index in [1.807, 2.05) is 18.2 Å². The van der Waals surface area contributed by atoms with E-state index < -0.39 is 0 Å². The SMILES string of the molecule is COc1cccc(CNC[C@@H]2CCCO2)c1OCc1ccc(F)cc1. The van der Waals surface area contributed by atoms with Crippen molar-refractivity contribution in [3.8, 4) is 11.5 Å². The third-order valence-electron chi connectivity index (χ3n) is 4.29. The van der Waals surface area contributed by atoms with Crippen molar-refractivity contribution < 1.29 is 18.6 Å². The van der Waals surface area contributed by atoms with Crippen molar-refractivity contribution >= 4 is 0 Å². The highest BCUT2D eigenvalue weighted by Gasteiger charge is 2.16. The van der Waals surface area contributed by atoms with Crippen LogP contribution in [0.15, 0.2) is 42.5 Å². The Kier molecular flexibility index (Phi) is 6.25. The van der Waals surface area contributed by atoms with Gasteiger partial charge in [-0.1, -0.05) is 24.3 Å². The van der Waals surface area contributed by atoms with Crippen molar-refractivity contribution in [3.05, 3.63) is 59.4 Å². The van der Waals surface area contributed by atoms with Crippen LogP contribution in [0.25, 0.3) is 0 Å². The first-order valence-corrected chi connectivity index (χ1v) is 8.61. The fourth-order valence-electron chi connectivity index (χ4n) is 2.93. The number of nitrogens with one attached hydrogen (secondary N) is 1. The largest absolute Gasteiger partial charge is 0.493 e. The summed E-state index contributed by atoms with van der Waals surface area (Å²) in [5.74, 6) is 1.16. The minimum atomic E-state index is -0.250. The lowest BCUT2D eigenvalue weighted by molar-refractivity contribution is 0.110. The van der Waals surface area contributed by atoms with Gasteiger partial charge >= 0.3 is 0 Å². The van der Waals surface area contributed by atoms with Crippen LogP contribution in [0.1, 0.15) is 24.0 Å². The van der Waals surface area contributed by atoms with Gasteiger partial charge in [0.2, 0.25) is 0 Å². The van der Waals surface area contributed by atoms with Gasteiger partial charge in [-0.3, -0.25) is 0 Å². The van der Waals surface area contributed by atoms with Crippen molar-refractivity contribution in [3.63, 3.8) is 0 Å². The number of hydrogen-bond acceptors (Lipinski definition) is 4. The molecule has 1 aliphatic heterocycles. The van der Waals surface area contributed by atoms with Crippen LogP contribution in [0.4, 0.5) is 4.39 Å². The van der Waals surface area contributed by atoms with Crippen LogP contribution in [0.5, 0.6) is 11.5 Å². The van der Waals surface area contributed by atoms with E-state index >= 15 is 0 Å². The summed E-state index contributed by atoms with van der Waals surface area (Å²) in [6, 6.07) is 12.2. The standard InChI is InChI=1S/C20H24FNO3/c1-23-19-6-2-4-16(12-22-13-18-5-3-11-24-18)20(19)25-14-15-7-9-17(21)10-8-15/h2,4,6-10,18,22H,3,5,11-14H2,1H3/t18-/m0/s1. The highest BCUT2D eigenvalue weighted by molar-refractivity contribution is 5.46. The number of benzene rings is 2. The van der Waals surface area contributed by atoms with Crippen LogP contribution in [-0.4, -0.2) is 26.4 Å². The van der Waals surface area contributed by atoms with E-state index in [2.05, 4.69) is 5.32 Å². The fourth-order valence-corrected chi connectivity index (χ4v) is 2.93. The van der Waals surface area contributed by atoms with Gasteiger partial charge in [0.1, 0.15) is 12.4 Å². The summed E-state index contributed by atoms with van der Waals surface area (Å²) in [7, 11) is 1.63. The summed E-state index contributed by atoms with van der Waals surface area (Å²) in [4.78, 5) is 0. The number of halogens is 1. The van der Waals surface area contributed by atoms with Gasteiger partial charge in [-0.25, -0.2) is 4.39 Å². The smallest absolute Gasteiger partial charge is 0.166 e. The molecule has 1 atom stereocenters. The van der Waals surface area contributed by atoms with Crippen molar-refractivity contribution in [2.45, 2.75) is 32.1 Å². The molecule has 134 valence electrons. The zero-order valence-corrected chi connectivity index (χ0v) is 14.5. The van der Waals surface area contributed by atoms with E-state index in [-0.39, 0.29) is 5.82 Å². The van der Waals surface area contributed by atoms with E-state index in [0.29, 0.717) is 30.8 Å². The van der Waals surface area contributed by atoms with Crippen LogP contribution < -0.4 is 14.8 Å². The Balaban J connectivity index is 1.64. The second-order valence-electron chi connectivity index (χ2n) is 6.13. The van der Waals surface area contributed by atoms with Gasteiger partial charge in [0.15, 0.2) is 11.5 Å². The van der Waals surface area contributed by atoms with Gasteiger partial charge in [0, 0.05) is 25.3 Å². The number of para-hydroxylation sites is 1. The Bertz CT molecular complexity index is 669. The van der Waals surface area contributed by atoms with E-state index in [1.54, 1.807) is 19.2 Å². The normalized spacial score (nSPS) is 16.8. The first-order valence-electron chi connectivity index (χ1n) is 8.61. The van der Waals surface area contributed by atoms with Crippen molar-refractivity contribution in [2.75, 3.05) is 20.3 Å². The van der Waals surface area contributed by atoms with Gasteiger partial charge in [0.25, 0.3) is 0 Å². The third kappa shape index (κ3) is 4.94. The first kappa shape index (κ1) is 17.7. The van der Waals surface area contributed by atoms with Crippen molar-refractivity contribution in [1.29, 1.82) is 0 Å². The molecule has 0 amide bonds. The molecule has 0 unspecified atom stereocenters. The number of methoxy groups -OCH3 is 1. The van der Waals surface area contributed by atoms with Crippen LogP contribution >= 0.6 is 0 Å². The first-order chi connectivity index (χ1) is 12.3. The Hall–Kier alpha value is -2.11. The third-order valence-corrected chi connectivity index (χ3v) is 4.29. The predicted molar refractivity (Wildman–Crippen MR) is 94.4 cm³/mol. The molecule has 0 bridgehead atoms. The van der Waals surface area contributed by atoms with E-state index in [4.69, 9.17) is 14.2 Å². The van der Waals surface area contributed by atoms with Crippen LogP contribution in [0, 0.1) is 5.82 Å². The molecule has 1 aliphatic rings. The highest BCUT2D eigenvalue weighted by Crippen LogP contribution is 2.32. The minimum Gasteiger partial charge on any atom is -0.493 e. The zero-order valence-electron chi connectivity index (χ0n) is 14.5. The highest BCUT2D eigenvalue weighted by atomic mass is 19.1. The molecule has 0 saturated carbocycles. The van der Waals surface area contributed by atoms with Crippen molar-refractivity contribution in [1.82, 2.24) is 5.32 Å². The molecule has 1 N–H and O–H groups in total. The van der Waals surface area contributed by atoms with Gasteiger partial charge in [0.05, 0.1) is 13.2 Å². The second-order valence-corrected chi connectivity index (χ2v) is 6.13. The van der Waals surface area contributed by atoms with Crippen LogP contribution in [0.3, 0.4) is 0 Å². The Labute approximate surface area is 147 Å². The molecule has 0 radical (unpaired) electrons. The molecule has 0 aromatic heterocycles. The van der Waals surface area contributed by atoms with E-state index in [9.17, 15) is 4.39 Å². The summed E-state index contributed by atoms with van der Waals surface area (Å²) >= 11 is 0. The predicted octanol–water partition coefficient (Wildman–Crippen LogP) is 3.68. The zero-order chi connectivity index (χ0) is 17.5. The van der Waals surface area contributed by atoms with Crippen molar-refractivity contribution in [2.24, 2.45) is 0 Å². The van der Waals surface area contributed by atoms with Gasteiger partial charge in [-0.05, 0) is 36.6 Å². The van der Waals surface area contributed by atoms with Crippen LogP contribution in [0.2, 0.25) is 0 Å². The lowest BCUT2D eigenvalue weighted by atomic mass is 10.1. The molecule has 1 heterocycles. The second kappa shape index (κ2) is 8.83. The maximum atomic E-state index is 13.0. The van der Waals surface area contributed by atoms with E-state index in [1.165, 1.54) is 12.1 Å². The molecule has 5 heteroatoms. The quantitative estimate of drug-likeness (QED) is 0.792. The fraction of sp³-hybridized carbons (Fsp3) is 0.400. The summed E-state index contributed by atoms with van der Waals surface area (Å²) in [6.45, 7) is 2.72. The monoisotopic (exact) mass is 345 g/mol. The minimum absolute atomic E-state index is 0.250. The molecule has 4 nitrogen and oxygen atoms in total. The maximum Gasteiger partial charge on any atom is 0.166 e. The molecule has 2 aromatic carbocycles. The maximum absolute atomic E-state index is 13.0. The number of hydrogen-bond donors (Lipinski definition) is 1. The topological polar surface area (TPSA) is 39.7 Å². The van der Waals surface area contributed by atoms with Gasteiger partial charge < -0.3 is 19.5 Å². The van der Waals surface area contributed by atoms with Gasteiger partial charge in [-0.2, -0.15) is 0 Å². The Morgan fingerprint density at radius 2 is 2.04 bits per heavy atom. The number of ether oxygens (including phenoxy) is 3. The van der Waals surface area contributed by atoms with Gasteiger partial charge in [-0.15, -0.1) is 0 Å². The lowest BCUT2D eigenvalue weighted by Crippen LogP contribution is -2.26. The molecule has 0 aliphatic carbocycles. The average molecular weight is 345 g/mol. The molecule has 1 saturated heterocycles. The molecule has 0 spiro atoms.